The van der Waals surface area contributed by atoms with Gasteiger partial charge in [-0.3, -0.25) is 4.79 Å². The highest BCUT2D eigenvalue weighted by Gasteiger charge is 2.16. The van der Waals surface area contributed by atoms with Gasteiger partial charge in [-0.15, -0.1) is 0 Å². The van der Waals surface area contributed by atoms with Crippen LogP contribution in [0.3, 0.4) is 0 Å². The SMILES string of the molecule is CCC(NC(=O)c1ccc(OCC(=O)OC)c(OC)c1)c1ccc(C)cc1. The molecule has 0 aliphatic heterocycles. The van der Waals surface area contributed by atoms with E-state index in [1.54, 1.807) is 18.2 Å². The molecule has 0 spiro atoms. The molecule has 1 atom stereocenters. The molecular formula is C21H25NO5. The van der Waals surface area contributed by atoms with Gasteiger partial charge in [0, 0.05) is 5.56 Å². The standard InChI is InChI=1S/C21H25NO5/c1-5-17(15-8-6-14(2)7-9-15)22-21(24)16-10-11-18(19(12-16)25-3)27-13-20(23)26-4/h6-12,17H,5,13H2,1-4H3,(H,22,24). The van der Waals surface area contributed by atoms with E-state index in [4.69, 9.17) is 9.47 Å². The van der Waals surface area contributed by atoms with Crippen molar-refractivity contribution in [3.63, 3.8) is 0 Å². The quantitative estimate of drug-likeness (QED) is 0.720. The van der Waals surface area contributed by atoms with Crippen molar-refractivity contribution < 1.29 is 23.8 Å². The monoisotopic (exact) mass is 371 g/mol. The van der Waals surface area contributed by atoms with Crippen molar-refractivity contribution in [1.29, 1.82) is 0 Å². The number of carbonyl (C=O) groups is 2. The van der Waals surface area contributed by atoms with Crippen molar-refractivity contribution in [2.45, 2.75) is 26.3 Å². The van der Waals surface area contributed by atoms with Gasteiger partial charge in [0.05, 0.1) is 20.3 Å². The van der Waals surface area contributed by atoms with Gasteiger partial charge in [0.25, 0.3) is 5.91 Å². The lowest BCUT2D eigenvalue weighted by Crippen LogP contribution is -2.28. The van der Waals surface area contributed by atoms with Crippen LogP contribution in [0.25, 0.3) is 0 Å². The maximum Gasteiger partial charge on any atom is 0.343 e. The number of carbonyl (C=O) groups excluding carboxylic acids is 2. The van der Waals surface area contributed by atoms with Gasteiger partial charge in [-0.25, -0.2) is 4.79 Å². The molecule has 0 aliphatic rings. The van der Waals surface area contributed by atoms with E-state index in [0.29, 0.717) is 17.1 Å². The molecule has 2 rings (SSSR count). The molecule has 27 heavy (non-hydrogen) atoms. The molecular weight excluding hydrogens is 346 g/mol. The normalized spacial score (nSPS) is 11.4. The summed E-state index contributed by atoms with van der Waals surface area (Å²) in [5.74, 6) is 0.0305. The fourth-order valence-electron chi connectivity index (χ4n) is 2.59. The number of ether oxygens (including phenoxy) is 3. The predicted octanol–water partition coefficient (Wildman–Crippen LogP) is 3.44. The van der Waals surface area contributed by atoms with E-state index in [1.807, 2.05) is 38.1 Å². The van der Waals surface area contributed by atoms with Gasteiger partial charge < -0.3 is 19.5 Å². The van der Waals surface area contributed by atoms with Crippen LogP contribution in [0.1, 0.15) is 40.9 Å². The van der Waals surface area contributed by atoms with E-state index >= 15 is 0 Å². The number of nitrogens with one attached hydrogen (secondary N) is 1. The number of esters is 1. The number of methoxy groups -OCH3 is 2. The molecule has 0 fully saturated rings. The van der Waals surface area contributed by atoms with Gasteiger partial charge in [-0.05, 0) is 37.1 Å². The van der Waals surface area contributed by atoms with Crippen LogP contribution >= 0.6 is 0 Å². The zero-order valence-corrected chi connectivity index (χ0v) is 16.1. The first kappa shape index (κ1) is 20.3. The van der Waals surface area contributed by atoms with Crippen molar-refractivity contribution in [2.75, 3.05) is 20.8 Å². The average Bonchev–Trinajstić information content (AvgIpc) is 2.70. The van der Waals surface area contributed by atoms with Crippen LogP contribution in [0.5, 0.6) is 11.5 Å². The molecule has 1 amide bonds. The van der Waals surface area contributed by atoms with Crippen molar-refractivity contribution >= 4 is 11.9 Å². The van der Waals surface area contributed by atoms with Gasteiger partial charge in [-0.1, -0.05) is 36.8 Å². The third kappa shape index (κ3) is 5.48. The highest BCUT2D eigenvalue weighted by atomic mass is 16.6. The van der Waals surface area contributed by atoms with Crippen LogP contribution in [0.15, 0.2) is 42.5 Å². The molecule has 0 aliphatic carbocycles. The van der Waals surface area contributed by atoms with Crippen molar-refractivity contribution in [1.82, 2.24) is 5.32 Å². The second-order valence-electron chi connectivity index (χ2n) is 6.08. The first-order chi connectivity index (χ1) is 13.0. The molecule has 0 bridgehead atoms. The summed E-state index contributed by atoms with van der Waals surface area (Å²) in [6.45, 7) is 3.82. The van der Waals surface area contributed by atoms with Crippen LogP contribution in [0, 0.1) is 6.92 Å². The maximum atomic E-state index is 12.7. The number of benzene rings is 2. The number of hydrogen-bond acceptors (Lipinski definition) is 5. The van der Waals surface area contributed by atoms with Crippen LogP contribution in [0.4, 0.5) is 0 Å². The number of hydrogen-bond donors (Lipinski definition) is 1. The molecule has 0 heterocycles. The third-order valence-corrected chi connectivity index (χ3v) is 4.19. The van der Waals surface area contributed by atoms with Gasteiger partial charge in [-0.2, -0.15) is 0 Å². The first-order valence-corrected chi connectivity index (χ1v) is 8.73. The Morgan fingerprint density at radius 2 is 1.74 bits per heavy atom. The predicted molar refractivity (Wildman–Crippen MR) is 102 cm³/mol. The number of aryl methyl sites for hydroxylation is 1. The average molecular weight is 371 g/mol. The summed E-state index contributed by atoms with van der Waals surface area (Å²) in [7, 11) is 2.76. The van der Waals surface area contributed by atoms with E-state index in [2.05, 4.69) is 10.1 Å². The van der Waals surface area contributed by atoms with Gasteiger partial charge in [0.2, 0.25) is 0 Å². The summed E-state index contributed by atoms with van der Waals surface area (Å²) in [5.41, 5.74) is 2.68. The van der Waals surface area contributed by atoms with Crippen molar-refractivity contribution in [2.24, 2.45) is 0 Å². The molecule has 0 saturated heterocycles. The molecule has 1 N–H and O–H groups in total. The second-order valence-corrected chi connectivity index (χ2v) is 6.08. The topological polar surface area (TPSA) is 73.9 Å². The van der Waals surface area contributed by atoms with E-state index in [0.717, 1.165) is 12.0 Å². The lowest BCUT2D eigenvalue weighted by atomic mass is 10.0. The Hall–Kier alpha value is -3.02. The van der Waals surface area contributed by atoms with E-state index in [1.165, 1.54) is 19.8 Å². The Bertz CT molecular complexity index is 786. The minimum absolute atomic E-state index is 0.0839. The summed E-state index contributed by atoms with van der Waals surface area (Å²) in [5, 5.41) is 3.04. The fraction of sp³-hybridized carbons (Fsp3) is 0.333. The molecule has 0 radical (unpaired) electrons. The number of amides is 1. The maximum absolute atomic E-state index is 12.7. The largest absolute Gasteiger partial charge is 0.493 e. The summed E-state index contributed by atoms with van der Waals surface area (Å²) >= 11 is 0. The second kappa shape index (κ2) is 9.62. The number of rotatable bonds is 8. The minimum Gasteiger partial charge on any atom is -0.493 e. The molecule has 0 saturated carbocycles. The van der Waals surface area contributed by atoms with Crippen LogP contribution in [0.2, 0.25) is 0 Å². The van der Waals surface area contributed by atoms with Crippen LogP contribution < -0.4 is 14.8 Å². The van der Waals surface area contributed by atoms with Gasteiger partial charge in [0.1, 0.15) is 0 Å². The molecule has 6 nitrogen and oxygen atoms in total. The highest BCUT2D eigenvalue weighted by Crippen LogP contribution is 2.28. The summed E-state index contributed by atoms with van der Waals surface area (Å²) in [4.78, 5) is 23.9. The van der Waals surface area contributed by atoms with Crippen molar-refractivity contribution in [3.8, 4) is 11.5 Å². The Labute approximate surface area is 159 Å². The third-order valence-electron chi connectivity index (χ3n) is 4.19. The van der Waals surface area contributed by atoms with Crippen LogP contribution in [-0.4, -0.2) is 32.7 Å². The molecule has 1 unspecified atom stereocenters. The lowest BCUT2D eigenvalue weighted by Gasteiger charge is -2.18. The van der Waals surface area contributed by atoms with Crippen LogP contribution in [-0.2, 0) is 9.53 Å². The highest BCUT2D eigenvalue weighted by molar-refractivity contribution is 5.95. The molecule has 144 valence electrons. The zero-order chi connectivity index (χ0) is 19.8. The van der Waals surface area contributed by atoms with E-state index in [9.17, 15) is 9.59 Å². The van der Waals surface area contributed by atoms with Gasteiger partial charge in [0.15, 0.2) is 18.1 Å². The first-order valence-electron chi connectivity index (χ1n) is 8.73. The summed E-state index contributed by atoms with van der Waals surface area (Å²) in [6, 6.07) is 12.8. The Morgan fingerprint density at radius 3 is 2.33 bits per heavy atom. The van der Waals surface area contributed by atoms with Gasteiger partial charge >= 0.3 is 5.97 Å². The fourth-order valence-corrected chi connectivity index (χ4v) is 2.59. The Balaban J connectivity index is 2.12. The minimum atomic E-state index is -0.497. The zero-order valence-electron chi connectivity index (χ0n) is 16.1. The Kier molecular flexibility index (Phi) is 7.23. The smallest absolute Gasteiger partial charge is 0.343 e. The molecule has 2 aromatic carbocycles. The van der Waals surface area contributed by atoms with E-state index < -0.39 is 5.97 Å². The molecule has 2 aromatic rings. The molecule has 6 heteroatoms. The lowest BCUT2D eigenvalue weighted by molar-refractivity contribution is -0.142. The van der Waals surface area contributed by atoms with E-state index in [-0.39, 0.29) is 18.6 Å². The van der Waals surface area contributed by atoms with Crippen molar-refractivity contribution in [3.05, 3.63) is 59.2 Å². The summed E-state index contributed by atoms with van der Waals surface area (Å²) in [6.07, 6.45) is 0.770. The summed E-state index contributed by atoms with van der Waals surface area (Å²) < 4.78 is 15.2. The Morgan fingerprint density at radius 1 is 1.04 bits per heavy atom. The molecule has 0 aromatic heterocycles.